The molecule has 0 fully saturated rings. The maximum Gasteiger partial charge on any atom is 0.201 e. The van der Waals surface area contributed by atoms with Gasteiger partial charge in [-0.15, -0.1) is 0 Å². The minimum Gasteiger partial charge on any atom is -0.504 e. The fourth-order valence-electron chi connectivity index (χ4n) is 2.11. The summed E-state index contributed by atoms with van der Waals surface area (Å²) in [5.74, 6) is 2.27. The van der Waals surface area contributed by atoms with E-state index in [1.807, 2.05) is 19.1 Å². The van der Waals surface area contributed by atoms with Crippen molar-refractivity contribution in [2.45, 2.75) is 19.8 Å². The highest BCUT2D eigenvalue weighted by atomic mass is 16.5. The van der Waals surface area contributed by atoms with Crippen molar-refractivity contribution < 1.29 is 19.4 Å². The minimum atomic E-state index is -0.213. The van der Waals surface area contributed by atoms with Crippen molar-refractivity contribution in [3.05, 3.63) is 47.1 Å². The molecule has 1 aliphatic rings. The summed E-state index contributed by atoms with van der Waals surface area (Å²) in [5.41, 5.74) is 0.851. The molecule has 0 bridgehead atoms. The van der Waals surface area contributed by atoms with Crippen molar-refractivity contribution in [3.63, 3.8) is 0 Å². The van der Waals surface area contributed by atoms with Crippen LogP contribution in [-0.2, 0) is 12.8 Å². The highest BCUT2D eigenvalue weighted by molar-refractivity contribution is 5.61. The van der Waals surface area contributed by atoms with E-state index < -0.39 is 0 Å². The molecule has 19 heavy (non-hydrogen) atoms. The lowest BCUT2D eigenvalue weighted by molar-refractivity contribution is 0.368. The van der Waals surface area contributed by atoms with E-state index in [0.29, 0.717) is 17.9 Å². The van der Waals surface area contributed by atoms with E-state index in [1.54, 1.807) is 12.1 Å². The van der Waals surface area contributed by atoms with Crippen molar-refractivity contribution in [1.82, 2.24) is 0 Å². The molecule has 0 atom stereocenters. The summed E-state index contributed by atoms with van der Waals surface area (Å²) in [4.78, 5) is 0. The summed E-state index contributed by atoms with van der Waals surface area (Å²) in [6, 6.07) is 7.01. The number of hydrogen-bond acceptors (Lipinski definition) is 4. The Kier molecular flexibility index (Phi) is 2.71. The van der Waals surface area contributed by atoms with E-state index in [2.05, 4.69) is 0 Å². The Bertz CT molecular complexity index is 652. The zero-order valence-electron chi connectivity index (χ0n) is 10.5. The summed E-state index contributed by atoms with van der Waals surface area (Å²) in [6.07, 6.45) is 3.22. The molecule has 0 radical (unpaired) electrons. The molecule has 1 aliphatic heterocycles. The Hall–Kier alpha value is -2.36. The van der Waals surface area contributed by atoms with Gasteiger partial charge < -0.3 is 19.4 Å². The number of rotatable bonds is 2. The lowest BCUT2D eigenvalue weighted by Gasteiger charge is -2.03. The molecule has 0 spiro atoms. The molecule has 0 unspecified atom stereocenters. The molecule has 0 saturated carbocycles. The van der Waals surface area contributed by atoms with Crippen molar-refractivity contribution >= 4 is 6.08 Å². The lowest BCUT2D eigenvalue weighted by atomic mass is 10.1. The zero-order valence-corrected chi connectivity index (χ0v) is 10.5. The number of benzene rings is 1. The number of hydrogen-bond donors (Lipinski definition) is 2. The average Bonchev–Trinajstić information content (AvgIpc) is 3.01. The van der Waals surface area contributed by atoms with Gasteiger partial charge in [0.1, 0.15) is 17.3 Å². The number of fused-ring (bicyclic) bond motifs is 1. The van der Waals surface area contributed by atoms with Crippen LogP contribution in [0.15, 0.2) is 34.4 Å². The molecule has 2 aromatic rings. The van der Waals surface area contributed by atoms with Crippen LogP contribution in [-0.4, -0.2) is 10.2 Å². The summed E-state index contributed by atoms with van der Waals surface area (Å²) >= 11 is 0. The number of phenols is 2. The summed E-state index contributed by atoms with van der Waals surface area (Å²) < 4.78 is 11.1. The normalized spacial score (nSPS) is 15.5. The van der Waals surface area contributed by atoms with Gasteiger partial charge in [-0.1, -0.05) is 13.0 Å². The molecule has 4 nitrogen and oxygen atoms in total. The van der Waals surface area contributed by atoms with Crippen molar-refractivity contribution in [2.24, 2.45) is 0 Å². The average molecular weight is 258 g/mol. The number of allylic oxidation sites excluding steroid dienone is 1. The van der Waals surface area contributed by atoms with Crippen LogP contribution >= 0.6 is 0 Å². The maximum absolute atomic E-state index is 9.72. The van der Waals surface area contributed by atoms with Crippen LogP contribution in [0.1, 0.15) is 24.0 Å². The minimum absolute atomic E-state index is 0.175. The van der Waals surface area contributed by atoms with Gasteiger partial charge in [-0.3, -0.25) is 0 Å². The van der Waals surface area contributed by atoms with E-state index in [-0.39, 0.29) is 11.5 Å². The van der Waals surface area contributed by atoms with Crippen molar-refractivity contribution in [1.29, 1.82) is 0 Å². The molecule has 2 N–H and O–H groups in total. The van der Waals surface area contributed by atoms with Crippen LogP contribution in [0.25, 0.3) is 6.08 Å². The van der Waals surface area contributed by atoms with Gasteiger partial charge in [0.15, 0.2) is 11.5 Å². The van der Waals surface area contributed by atoms with Gasteiger partial charge in [-0.2, -0.15) is 0 Å². The van der Waals surface area contributed by atoms with E-state index >= 15 is 0 Å². The smallest absolute Gasteiger partial charge is 0.201 e. The Labute approximate surface area is 110 Å². The molecule has 0 aliphatic carbocycles. The van der Waals surface area contributed by atoms with Crippen molar-refractivity contribution in [2.75, 3.05) is 0 Å². The van der Waals surface area contributed by atoms with Gasteiger partial charge in [-0.05, 0) is 18.2 Å². The summed E-state index contributed by atoms with van der Waals surface area (Å²) in [6.45, 7) is 2.03. The standard InChI is InChI=1S/C15H14O4/c1-2-10-4-5-11(18-10)8-12-7-9-3-6-13(16)14(17)15(9)19-12/h3-6,8,16-17H,2,7H2,1H3. The predicted octanol–water partition coefficient (Wildman–Crippen LogP) is 3.23. The first kappa shape index (κ1) is 11.7. The number of aromatic hydroxyl groups is 2. The van der Waals surface area contributed by atoms with E-state index in [9.17, 15) is 10.2 Å². The van der Waals surface area contributed by atoms with Crippen LogP contribution < -0.4 is 4.74 Å². The van der Waals surface area contributed by atoms with E-state index in [4.69, 9.17) is 9.15 Å². The molecule has 1 aromatic heterocycles. The summed E-state index contributed by atoms with van der Waals surface area (Å²) in [7, 11) is 0. The van der Waals surface area contributed by atoms with Gasteiger partial charge in [-0.25, -0.2) is 0 Å². The molecule has 1 aromatic carbocycles. The third-order valence-corrected chi connectivity index (χ3v) is 3.12. The first-order chi connectivity index (χ1) is 9.17. The lowest BCUT2D eigenvalue weighted by Crippen LogP contribution is -1.87. The van der Waals surface area contributed by atoms with E-state index in [1.165, 1.54) is 6.07 Å². The molecule has 2 heterocycles. The van der Waals surface area contributed by atoms with Crippen LogP contribution in [0, 0.1) is 0 Å². The van der Waals surface area contributed by atoms with Crippen LogP contribution in [0.5, 0.6) is 17.2 Å². The Morgan fingerprint density at radius 3 is 2.79 bits per heavy atom. The zero-order chi connectivity index (χ0) is 13.4. The van der Waals surface area contributed by atoms with Gasteiger partial charge >= 0.3 is 0 Å². The molecule has 3 rings (SSSR count). The Morgan fingerprint density at radius 2 is 2.05 bits per heavy atom. The molecular weight excluding hydrogens is 244 g/mol. The molecular formula is C15H14O4. The maximum atomic E-state index is 9.72. The topological polar surface area (TPSA) is 62.8 Å². The highest BCUT2D eigenvalue weighted by Crippen LogP contribution is 2.44. The number of aryl methyl sites for hydroxylation is 1. The number of furan rings is 1. The second-order valence-electron chi connectivity index (χ2n) is 4.47. The number of phenolic OH excluding ortho intramolecular Hbond substituents is 2. The van der Waals surface area contributed by atoms with Gasteiger partial charge in [0.2, 0.25) is 5.75 Å². The first-order valence-corrected chi connectivity index (χ1v) is 6.18. The van der Waals surface area contributed by atoms with Crippen LogP contribution in [0.3, 0.4) is 0 Å². The third-order valence-electron chi connectivity index (χ3n) is 3.12. The largest absolute Gasteiger partial charge is 0.504 e. The fourth-order valence-corrected chi connectivity index (χ4v) is 2.11. The summed E-state index contributed by atoms with van der Waals surface area (Å²) in [5, 5.41) is 19.1. The monoisotopic (exact) mass is 258 g/mol. The highest BCUT2D eigenvalue weighted by Gasteiger charge is 2.23. The molecule has 4 heteroatoms. The molecule has 98 valence electrons. The van der Waals surface area contributed by atoms with E-state index in [0.717, 1.165) is 23.5 Å². The fraction of sp³-hybridized carbons (Fsp3) is 0.200. The van der Waals surface area contributed by atoms with Gasteiger partial charge in [0, 0.05) is 24.5 Å². The van der Waals surface area contributed by atoms with Crippen LogP contribution in [0.2, 0.25) is 0 Å². The first-order valence-electron chi connectivity index (χ1n) is 6.18. The quantitative estimate of drug-likeness (QED) is 0.812. The van der Waals surface area contributed by atoms with Gasteiger partial charge in [0.05, 0.1) is 0 Å². The third kappa shape index (κ3) is 2.05. The van der Waals surface area contributed by atoms with Gasteiger partial charge in [0.25, 0.3) is 0 Å². The second-order valence-corrected chi connectivity index (χ2v) is 4.47. The van der Waals surface area contributed by atoms with Crippen LogP contribution in [0.4, 0.5) is 0 Å². The Morgan fingerprint density at radius 1 is 1.21 bits per heavy atom. The van der Waals surface area contributed by atoms with Crippen molar-refractivity contribution in [3.8, 4) is 17.2 Å². The SMILES string of the molecule is CCc1ccc(C=C2Cc3ccc(O)c(O)c3O2)o1. The second kappa shape index (κ2) is 4.39. The molecule has 0 amide bonds. The predicted molar refractivity (Wildman–Crippen MR) is 70.2 cm³/mol. The Balaban J connectivity index is 1.89. The molecule has 0 saturated heterocycles. The number of ether oxygens (including phenoxy) is 1.